The maximum atomic E-state index is 11.7. The molecule has 0 saturated carbocycles. The SMILES string of the molecule is CCCN1CC2CNCC(C1)C2=O. The molecule has 0 aromatic rings. The van der Waals surface area contributed by atoms with Crippen LogP contribution in [0.15, 0.2) is 0 Å². The number of piperidine rings is 2. The van der Waals surface area contributed by atoms with Gasteiger partial charge in [-0.15, -0.1) is 0 Å². The molecule has 2 aliphatic rings. The molecule has 2 atom stereocenters. The Hall–Kier alpha value is -0.410. The van der Waals surface area contributed by atoms with Gasteiger partial charge in [0.15, 0.2) is 0 Å². The van der Waals surface area contributed by atoms with E-state index in [4.69, 9.17) is 0 Å². The van der Waals surface area contributed by atoms with Crippen LogP contribution in [-0.4, -0.2) is 43.4 Å². The third-order valence-corrected chi connectivity index (χ3v) is 3.08. The van der Waals surface area contributed by atoms with E-state index in [9.17, 15) is 4.79 Å². The fraction of sp³-hybridized carbons (Fsp3) is 0.900. The number of carbonyl (C=O) groups excluding carboxylic acids is 1. The molecular formula is C10H18N2O. The van der Waals surface area contributed by atoms with Crippen molar-refractivity contribution in [3.05, 3.63) is 0 Å². The van der Waals surface area contributed by atoms with E-state index in [0.717, 1.165) is 32.7 Å². The van der Waals surface area contributed by atoms with Crippen LogP contribution in [0.4, 0.5) is 0 Å². The third kappa shape index (κ3) is 1.76. The van der Waals surface area contributed by atoms with Crippen molar-refractivity contribution >= 4 is 5.78 Å². The molecule has 0 amide bonds. The molecule has 0 aromatic heterocycles. The van der Waals surface area contributed by atoms with Crippen molar-refractivity contribution in [3.63, 3.8) is 0 Å². The number of likely N-dealkylation sites (tertiary alicyclic amines) is 1. The van der Waals surface area contributed by atoms with Gasteiger partial charge in [-0.2, -0.15) is 0 Å². The van der Waals surface area contributed by atoms with E-state index in [0.29, 0.717) is 5.78 Å². The third-order valence-electron chi connectivity index (χ3n) is 3.08. The van der Waals surface area contributed by atoms with Crippen LogP contribution in [0, 0.1) is 11.8 Å². The summed E-state index contributed by atoms with van der Waals surface area (Å²) < 4.78 is 0. The molecular weight excluding hydrogens is 164 g/mol. The highest BCUT2D eigenvalue weighted by Gasteiger charge is 2.37. The molecule has 13 heavy (non-hydrogen) atoms. The van der Waals surface area contributed by atoms with E-state index in [1.807, 2.05) is 0 Å². The van der Waals surface area contributed by atoms with E-state index in [1.54, 1.807) is 0 Å². The van der Waals surface area contributed by atoms with Crippen molar-refractivity contribution in [1.29, 1.82) is 0 Å². The summed E-state index contributed by atoms with van der Waals surface area (Å²) in [4.78, 5) is 14.1. The summed E-state index contributed by atoms with van der Waals surface area (Å²) in [5.41, 5.74) is 0. The lowest BCUT2D eigenvalue weighted by Gasteiger charge is -2.40. The Morgan fingerprint density at radius 3 is 2.54 bits per heavy atom. The van der Waals surface area contributed by atoms with Crippen LogP contribution in [0.1, 0.15) is 13.3 Å². The molecule has 2 bridgehead atoms. The maximum Gasteiger partial charge on any atom is 0.144 e. The molecule has 2 fully saturated rings. The van der Waals surface area contributed by atoms with Gasteiger partial charge in [0.05, 0.1) is 0 Å². The molecule has 3 heteroatoms. The molecule has 74 valence electrons. The minimum atomic E-state index is 0.277. The molecule has 2 heterocycles. The van der Waals surface area contributed by atoms with E-state index in [-0.39, 0.29) is 11.8 Å². The molecule has 0 spiro atoms. The van der Waals surface area contributed by atoms with Gasteiger partial charge < -0.3 is 10.2 Å². The van der Waals surface area contributed by atoms with Crippen molar-refractivity contribution < 1.29 is 4.79 Å². The molecule has 2 rings (SSSR count). The maximum absolute atomic E-state index is 11.7. The first-order valence-corrected chi connectivity index (χ1v) is 5.28. The fourth-order valence-corrected chi connectivity index (χ4v) is 2.47. The molecule has 0 radical (unpaired) electrons. The van der Waals surface area contributed by atoms with Crippen molar-refractivity contribution in [2.75, 3.05) is 32.7 Å². The first-order chi connectivity index (χ1) is 6.31. The van der Waals surface area contributed by atoms with E-state index < -0.39 is 0 Å². The fourth-order valence-electron chi connectivity index (χ4n) is 2.47. The van der Waals surface area contributed by atoms with Gasteiger partial charge in [0, 0.05) is 38.0 Å². The predicted octanol–water partition coefficient (Wildman–Crippen LogP) is 0.117. The number of ketones is 1. The molecule has 0 aliphatic carbocycles. The summed E-state index contributed by atoms with van der Waals surface area (Å²) in [5.74, 6) is 1.06. The molecule has 0 aromatic carbocycles. The highest BCUT2D eigenvalue weighted by molar-refractivity contribution is 5.85. The number of nitrogens with zero attached hydrogens (tertiary/aromatic N) is 1. The van der Waals surface area contributed by atoms with Crippen LogP contribution in [0.5, 0.6) is 0 Å². The van der Waals surface area contributed by atoms with E-state index in [1.165, 1.54) is 6.42 Å². The van der Waals surface area contributed by atoms with Crippen LogP contribution >= 0.6 is 0 Å². The first-order valence-electron chi connectivity index (χ1n) is 5.28. The zero-order valence-electron chi connectivity index (χ0n) is 8.25. The van der Waals surface area contributed by atoms with Gasteiger partial charge in [-0.25, -0.2) is 0 Å². The molecule has 3 nitrogen and oxygen atoms in total. The van der Waals surface area contributed by atoms with Crippen molar-refractivity contribution in [1.82, 2.24) is 10.2 Å². The molecule has 2 unspecified atom stereocenters. The first kappa shape index (κ1) is 9.16. The zero-order valence-corrected chi connectivity index (χ0v) is 8.25. The van der Waals surface area contributed by atoms with Crippen LogP contribution in [0.25, 0.3) is 0 Å². The summed E-state index contributed by atoms with van der Waals surface area (Å²) in [6.45, 7) is 7.11. The van der Waals surface area contributed by atoms with Gasteiger partial charge in [0.1, 0.15) is 5.78 Å². The standard InChI is InChI=1S/C10H18N2O/c1-2-3-12-6-8-4-11-5-9(7-12)10(8)13/h8-9,11H,2-7H2,1H3. The Balaban J connectivity index is 1.99. The lowest BCUT2D eigenvalue weighted by molar-refractivity contribution is -0.133. The van der Waals surface area contributed by atoms with Crippen molar-refractivity contribution in [2.24, 2.45) is 11.8 Å². The summed E-state index contributed by atoms with van der Waals surface area (Å²) in [6.07, 6.45) is 1.20. The minimum Gasteiger partial charge on any atom is -0.315 e. The number of rotatable bonds is 2. The zero-order chi connectivity index (χ0) is 9.26. The second kappa shape index (κ2) is 3.76. The minimum absolute atomic E-state index is 0.277. The van der Waals surface area contributed by atoms with Crippen LogP contribution in [-0.2, 0) is 4.79 Å². The number of hydrogen-bond acceptors (Lipinski definition) is 3. The number of fused-ring (bicyclic) bond motifs is 2. The lowest BCUT2D eigenvalue weighted by Crippen LogP contribution is -2.57. The average Bonchev–Trinajstić information content (AvgIpc) is 2.07. The van der Waals surface area contributed by atoms with E-state index >= 15 is 0 Å². The van der Waals surface area contributed by atoms with Gasteiger partial charge in [0.2, 0.25) is 0 Å². The summed E-state index contributed by atoms with van der Waals surface area (Å²) in [6, 6.07) is 0. The number of nitrogens with one attached hydrogen (secondary N) is 1. The largest absolute Gasteiger partial charge is 0.315 e. The van der Waals surface area contributed by atoms with Gasteiger partial charge in [-0.1, -0.05) is 6.92 Å². The van der Waals surface area contributed by atoms with Gasteiger partial charge in [-0.3, -0.25) is 4.79 Å². The topological polar surface area (TPSA) is 32.3 Å². The number of carbonyl (C=O) groups is 1. The quantitative estimate of drug-likeness (QED) is 0.658. The normalized spacial score (nSPS) is 35.0. The van der Waals surface area contributed by atoms with Crippen LogP contribution in [0.2, 0.25) is 0 Å². The Morgan fingerprint density at radius 1 is 1.38 bits per heavy atom. The number of Topliss-reactive ketones (excluding diaryl/α,β-unsaturated/α-hetero) is 1. The van der Waals surface area contributed by atoms with Crippen molar-refractivity contribution in [2.45, 2.75) is 13.3 Å². The Morgan fingerprint density at radius 2 is 2.00 bits per heavy atom. The second-order valence-electron chi connectivity index (χ2n) is 4.21. The highest BCUT2D eigenvalue weighted by Crippen LogP contribution is 2.20. The summed E-state index contributed by atoms with van der Waals surface area (Å²) >= 11 is 0. The molecule has 1 N–H and O–H groups in total. The Bertz CT molecular complexity index is 189. The Kier molecular flexibility index (Phi) is 2.65. The Labute approximate surface area is 79.5 Å². The van der Waals surface area contributed by atoms with E-state index in [2.05, 4.69) is 17.1 Å². The summed E-state index contributed by atoms with van der Waals surface area (Å²) in [5, 5.41) is 3.33. The van der Waals surface area contributed by atoms with Crippen molar-refractivity contribution in [3.8, 4) is 0 Å². The van der Waals surface area contributed by atoms with Gasteiger partial charge in [-0.05, 0) is 13.0 Å². The number of hydrogen-bond donors (Lipinski definition) is 1. The van der Waals surface area contributed by atoms with Crippen LogP contribution < -0.4 is 5.32 Å². The average molecular weight is 182 g/mol. The smallest absolute Gasteiger partial charge is 0.144 e. The summed E-state index contributed by atoms with van der Waals surface area (Å²) in [7, 11) is 0. The second-order valence-corrected chi connectivity index (χ2v) is 4.21. The lowest BCUT2D eigenvalue weighted by atomic mass is 9.84. The highest BCUT2D eigenvalue weighted by atomic mass is 16.1. The monoisotopic (exact) mass is 182 g/mol. The predicted molar refractivity (Wildman–Crippen MR) is 51.6 cm³/mol. The molecule has 2 saturated heterocycles. The van der Waals surface area contributed by atoms with Gasteiger partial charge in [0.25, 0.3) is 0 Å². The molecule has 2 aliphatic heterocycles. The van der Waals surface area contributed by atoms with Crippen LogP contribution in [0.3, 0.4) is 0 Å². The van der Waals surface area contributed by atoms with Gasteiger partial charge >= 0.3 is 0 Å².